The van der Waals surface area contributed by atoms with Gasteiger partial charge in [0.15, 0.2) is 5.15 Å². The van der Waals surface area contributed by atoms with Crippen LogP contribution in [0.3, 0.4) is 0 Å². The fourth-order valence-corrected chi connectivity index (χ4v) is 2.36. The molecule has 0 unspecified atom stereocenters. The Bertz CT molecular complexity index is 828. The van der Waals surface area contributed by atoms with Crippen LogP contribution in [-0.4, -0.2) is 19.3 Å². The Balaban J connectivity index is 1.89. The predicted molar refractivity (Wildman–Crippen MR) is 83.9 cm³/mol. The maximum atomic E-state index is 12.0. The Labute approximate surface area is 133 Å². The van der Waals surface area contributed by atoms with Crippen molar-refractivity contribution in [3.05, 3.63) is 74.6 Å². The minimum absolute atomic E-state index is 0.158. The van der Waals surface area contributed by atoms with Crippen molar-refractivity contribution in [3.63, 3.8) is 0 Å². The average Bonchev–Trinajstić information content (AvgIpc) is 2.97. The molecule has 0 radical (unpaired) electrons. The molecule has 21 heavy (non-hydrogen) atoms. The number of hydrogen-bond acceptors (Lipinski definition) is 3. The van der Waals surface area contributed by atoms with Gasteiger partial charge in [0.05, 0.1) is 24.3 Å². The lowest BCUT2D eigenvalue weighted by atomic mass is 10.3. The Morgan fingerprint density at radius 3 is 2.71 bits per heavy atom. The molecule has 0 aliphatic rings. The molecular formula is C14H10BrClN4O. The molecule has 2 aromatic heterocycles. The zero-order chi connectivity index (χ0) is 14.8. The first-order valence-electron chi connectivity index (χ1n) is 6.15. The maximum Gasteiger partial charge on any atom is 0.269 e. The van der Waals surface area contributed by atoms with Crippen molar-refractivity contribution >= 4 is 27.5 Å². The van der Waals surface area contributed by atoms with Gasteiger partial charge in [-0.25, -0.2) is 9.67 Å². The van der Waals surface area contributed by atoms with Crippen LogP contribution in [0.25, 0.3) is 5.69 Å². The number of aromatic nitrogens is 4. The topological polar surface area (TPSA) is 52.7 Å². The highest BCUT2D eigenvalue weighted by Gasteiger charge is 2.09. The molecule has 0 spiro atoms. The lowest BCUT2D eigenvalue weighted by molar-refractivity contribution is 0.699. The minimum atomic E-state index is -0.232. The van der Waals surface area contributed by atoms with Crippen molar-refractivity contribution in [2.45, 2.75) is 6.54 Å². The van der Waals surface area contributed by atoms with Crippen molar-refractivity contribution < 1.29 is 0 Å². The SMILES string of the molecule is O=c1c(Br)c(Cl)ncn1Cc1ccn(-c2ccccc2)n1. The van der Waals surface area contributed by atoms with E-state index in [1.807, 2.05) is 42.6 Å². The number of halogens is 2. The molecule has 1 aromatic carbocycles. The Hall–Kier alpha value is -1.92. The third-order valence-corrected chi connectivity index (χ3v) is 4.17. The summed E-state index contributed by atoms with van der Waals surface area (Å²) in [6, 6.07) is 11.6. The summed E-state index contributed by atoms with van der Waals surface area (Å²) < 4.78 is 3.47. The summed E-state index contributed by atoms with van der Waals surface area (Å²) in [5, 5.41) is 4.61. The molecule has 106 valence electrons. The summed E-state index contributed by atoms with van der Waals surface area (Å²) >= 11 is 8.91. The van der Waals surface area contributed by atoms with Crippen molar-refractivity contribution in [2.24, 2.45) is 0 Å². The van der Waals surface area contributed by atoms with Gasteiger partial charge in [-0.1, -0.05) is 29.8 Å². The molecular weight excluding hydrogens is 356 g/mol. The molecule has 7 heteroatoms. The second-order valence-electron chi connectivity index (χ2n) is 4.37. The van der Waals surface area contributed by atoms with Crippen molar-refractivity contribution in [1.29, 1.82) is 0 Å². The lowest BCUT2D eigenvalue weighted by Gasteiger charge is -2.04. The van der Waals surface area contributed by atoms with Gasteiger partial charge < -0.3 is 0 Å². The molecule has 5 nitrogen and oxygen atoms in total. The molecule has 0 aliphatic carbocycles. The van der Waals surface area contributed by atoms with Crippen LogP contribution in [0, 0.1) is 0 Å². The van der Waals surface area contributed by atoms with Crippen molar-refractivity contribution in [3.8, 4) is 5.69 Å². The first kappa shape index (κ1) is 14.0. The van der Waals surface area contributed by atoms with Gasteiger partial charge in [0.1, 0.15) is 4.47 Å². The summed E-state index contributed by atoms with van der Waals surface area (Å²) in [6.45, 7) is 0.335. The van der Waals surface area contributed by atoms with Crippen LogP contribution in [-0.2, 0) is 6.54 Å². The van der Waals surface area contributed by atoms with Crippen LogP contribution < -0.4 is 5.56 Å². The zero-order valence-electron chi connectivity index (χ0n) is 10.8. The van der Waals surface area contributed by atoms with Crippen molar-refractivity contribution in [2.75, 3.05) is 0 Å². The molecule has 0 N–H and O–H groups in total. The van der Waals surface area contributed by atoms with E-state index in [9.17, 15) is 4.79 Å². The van der Waals surface area contributed by atoms with Crippen LogP contribution in [0.4, 0.5) is 0 Å². The van der Waals surface area contributed by atoms with E-state index in [-0.39, 0.29) is 15.2 Å². The molecule has 0 bridgehead atoms. The number of benzene rings is 1. The monoisotopic (exact) mass is 364 g/mol. The zero-order valence-corrected chi connectivity index (χ0v) is 13.1. The van der Waals surface area contributed by atoms with Crippen LogP contribution in [0.15, 0.2) is 58.2 Å². The van der Waals surface area contributed by atoms with E-state index in [0.717, 1.165) is 11.4 Å². The van der Waals surface area contributed by atoms with Gasteiger partial charge >= 0.3 is 0 Å². The number of rotatable bonds is 3. The third-order valence-electron chi connectivity index (χ3n) is 2.94. The molecule has 0 saturated heterocycles. The first-order valence-corrected chi connectivity index (χ1v) is 7.32. The molecule has 0 amide bonds. The second kappa shape index (κ2) is 5.83. The Morgan fingerprint density at radius 1 is 1.19 bits per heavy atom. The predicted octanol–water partition coefficient (Wildman–Crippen LogP) is 2.89. The number of nitrogens with zero attached hydrogens (tertiary/aromatic N) is 4. The highest BCUT2D eigenvalue weighted by atomic mass is 79.9. The summed E-state index contributed by atoms with van der Waals surface area (Å²) in [5.41, 5.74) is 1.49. The first-order chi connectivity index (χ1) is 10.1. The Morgan fingerprint density at radius 2 is 1.95 bits per heavy atom. The van der Waals surface area contributed by atoms with Gasteiger partial charge in [0.25, 0.3) is 5.56 Å². The van der Waals surface area contributed by atoms with E-state index in [4.69, 9.17) is 11.6 Å². The van der Waals surface area contributed by atoms with E-state index in [0.29, 0.717) is 6.54 Å². The third kappa shape index (κ3) is 2.91. The van der Waals surface area contributed by atoms with Gasteiger partial charge in [-0.2, -0.15) is 5.10 Å². The van der Waals surface area contributed by atoms with Gasteiger partial charge in [-0.05, 0) is 34.1 Å². The standard InChI is InChI=1S/C14H10BrClN4O/c15-12-13(16)17-9-19(14(12)21)8-10-6-7-20(18-10)11-4-2-1-3-5-11/h1-7,9H,8H2. The fraction of sp³-hybridized carbons (Fsp3) is 0.0714. The maximum absolute atomic E-state index is 12.0. The average molecular weight is 366 g/mol. The van der Waals surface area contributed by atoms with Crippen LogP contribution in [0.5, 0.6) is 0 Å². The molecule has 0 atom stereocenters. The van der Waals surface area contributed by atoms with Gasteiger partial charge in [0.2, 0.25) is 0 Å². The summed E-state index contributed by atoms with van der Waals surface area (Å²) in [7, 11) is 0. The quantitative estimate of drug-likeness (QED) is 0.671. The molecule has 3 rings (SSSR count). The summed E-state index contributed by atoms with van der Waals surface area (Å²) in [4.78, 5) is 16.0. The molecule has 0 saturated carbocycles. The van der Waals surface area contributed by atoms with E-state index < -0.39 is 0 Å². The largest absolute Gasteiger partial charge is 0.292 e. The molecule has 0 fully saturated rings. The van der Waals surface area contributed by atoms with E-state index in [1.165, 1.54) is 10.9 Å². The van der Waals surface area contributed by atoms with E-state index in [2.05, 4.69) is 26.0 Å². The lowest BCUT2D eigenvalue weighted by Crippen LogP contribution is -2.22. The minimum Gasteiger partial charge on any atom is -0.292 e. The van der Waals surface area contributed by atoms with Crippen LogP contribution in [0.2, 0.25) is 5.15 Å². The highest BCUT2D eigenvalue weighted by molar-refractivity contribution is 9.10. The van der Waals surface area contributed by atoms with Gasteiger partial charge in [-0.15, -0.1) is 0 Å². The summed E-state index contributed by atoms with van der Waals surface area (Å²) in [5.74, 6) is 0. The van der Waals surface area contributed by atoms with E-state index in [1.54, 1.807) is 4.68 Å². The fourth-order valence-electron chi connectivity index (χ4n) is 1.90. The summed E-state index contributed by atoms with van der Waals surface area (Å²) in [6.07, 6.45) is 3.27. The second-order valence-corrected chi connectivity index (χ2v) is 5.52. The number of hydrogen-bond donors (Lipinski definition) is 0. The molecule has 2 heterocycles. The molecule has 0 aliphatic heterocycles. The van der Waals surface area contributed by atoms with Crippen LogP contribution in [0.1, 0.15) is 5.69 Å². The smallest absolute Gasteiger partial charge is 0.269 e. The van der Waals surface area contributed by atoms with Crippen LogP contribution >= 0.6 is 27.5 Å². The molecule has 3 aromatic rings. The van der Waals surface area contributed by atoms with Gasteiger partial charge in [0, 0.05) is 6.20 Å². The number of para-hydroxylation sites is 1. The Kier molecular flexibility index (Phi) is 3.90. The van der Waals surface area contributed by atoms with Crippen molar-refractivity contribution in [1.82, 2.24) is 19.3 Å². The van der Waals surface area contributed by atoms with Gasteiger partial charge in [-0.3, -0.25) is 9.36 Å². The highest BCUT2D eigenvalue weighted by Crippen LogP contribution is 2.14. The normalized spacial score (nSPS) is 10.8. The van der Waals surface area contributed by atoms with E-state index >= 15 is 0 Å².